The van der Waals surface area contributed by atoms with Gasteiger partial charge in [-0.25, -0.2) is 9.59 Å². The number of carbonyl (C=O) groups excluding carboxylic acids is 3. The van der Waals surface area contributed by atoms with Gasteiger partial charge in [-0.1, -0.05) is 12.1 Å². The standard InChI is InChI=1S/C29H38N2O11/c1-14-6-7-18(13-32)23-22(14)28-10-11-31(5)17(4)29(28,39)9-8-20(24(28)42-23)41-27(38)16(3)40-21(34)12-19(26(36)37)30-25(35)15(2)33/h6-8,15-17,19,24,32-33,39H,9-13H2,1-5H3,(H,30,35)(H,36,37)/t15-,16-,17+,19-,24-,28-,29+/m0/s1. The molecule has 42 heavy (non-hydrogen) atoms. The average molecular weight is 591 g/mol. The average Bonchev–Trinajstić information content (AvgIpc) is 3.29. The van der Waals surface area contributed by atoms with Crippen LogP contribution in [0.2, 0.25) is 0 Å². The largest absolute Gasteiger partial charge is 0.481 e. The topological polar surface area (TPSA) is 192 Å². The molecule has 2 heterocycles. The number of carbonyl (C=O) groups is 4. The minimum atomic E-state index is -1.68. The van der Waals surface area contributed by atoms with Gasteiger partial charge in [-0.15, -0.1) is 0 Å². The van der Waals surface area contributed by atoms with Crippen LogP contribution in [0.15, 0.2) is 24.0 Å². The predicted molar refractivity (Wildman–Crippen MR) is 145 cm³/mol. The Labute approximate surface area is 243 Å². The maximum Gasteiger partial charge on any atom is 0.352 e. The second kappa shape index (κ2) is 11.6. The van der Waals surface area contributed by atoms with Gasteiger partial charge in [0.2, 0.25) is 5.91 Å². The lowest BCUT2D eigenvalue weighted by atomic mass is 9.54. The number of nitrogens with one attached hydrogen (secondary N) is 1. The number of piperidine rings is 1. The number of ether oxygens (including phenoxy) is 3. The summed E-state index contributed by atoms with van der Waals surface area (Å²) in [4.78, 5) is 50.8. The van der Waals surface area contributed by atoms with Crippen LogP contribution in [0, 0.1) is 6.92 Å². The number of hydrogen-bond donors (Lipinski definition) is 5. The van der Waals surface area contributed by atoms with Gasteiger partial charge in [0.25, 0.3) is 0 Å². The summed E-state index contributed by atoms with van der Waals surface area (Å²) in [7, 11) is 1.93. The highest BCUT2D eigenvalue weighted by Crippen LogP contribution is 2.61. The molecule has 1 saturated heterocycles. The van der Waals surface area contributed by atoms with E-state index in [1.165, 1.54) is 6.92 Å². The third-order valence-electron chi connectivity index (χ3n) is 8.83. The van der Waals surface area contributed by atoms with Crippen molar-refractivity contribution >= 4 is 23.8 Å². The second-order valence-corrected chi connectivity index (χ2v) is 11.3. The first kappa shape index (κ1) is 31.4. The molecule has 1 spiro atoms. The fourth-order valence-electron chi connectivity index (χ4n) is 6.35. The molecule has 1 aliphatic carbocycles. The number of esters is 2. The smallest absolute Gasteiger partial charge is 0.352 e. The molecule has 1 aromatic carbocycles. The zero-order valence-corrected chi connectivity index (χ0v) is 24.2. The third-order valence-corrected chi connectivity index (χ3v) is 8.83. The molecule has 13 nitrogen and oxygen atoms in total. The Bertz CT molecular complexity index is 1310. The van der Waals surface area contributed by atoms with Gasteiger partial charge >= 0.3 is 17.9 Å². The molecule has 0 unspecified atom stereocenters. The molecule has 0 bridgehead atoms. The Kier molecular flexibility index (Phi) is 8.70. The fourth-order valence-corrected chi connectivity index (χ4v) is 6.35. The van der Waals surface area contributed by atoms with Crippen molar-refractivity contribution in [2.24, 2.45) is 0 Å². The summed E-state index contributed by atoms with van der Waals surface area (Å²) >= 11 is 0. The van der Waals surface area contributed by atoms with E-state index in [4.69, 9.17) is 14.2 Å². The molecule has 1 aromatic rings. The van der Waals surface area contributed by atoms with E-state index in [0.29, 0.717) is 24.3 Å². The number of aliphatic carboxylic acids is 1. The van der Waals surface area contributed by atoms with E-state index in [1.807, 2.05) is 32.3 Å². The highest BCUT2D eigenvalue weighted by molar-refractivity contribution is 5.89. The number of fused-ring (bicyclic) bond motifs is 1. The number of benzene rings is 1. The van der Waals surface area contributed by atoms with Gasteiger partial charge in [0.05, 0.1) is 24.0 Å². The quantitative estimate of drug-likeness (QED) is 0.243. The van der Waals surface area contributed by atoms with Crippen LogP contribution in [0.1, 0.15) is 56.7 Å². The maximum atomic E-state index is 13.1. The van der Waals surface area contributed by atoms with Crippen molar-refractivity contribution in [3.8, 4) is 5.75 Å². The van der Waals surface area contributed by atoms with Crippen molar-refractivity contribution in [1.82, 2.24) is 10.2 Å². The lowest BCUT2D eigenvalue weighted by Crippen LogP contribution is -2.71. The van der Waals surface area contributed by atoms with Crippen LogP contribution in [-0.4, -0.2) is 98.7 Å². The molecule has 230 valence electrons. The Hall–Kier alpha value is -3.52. The molecule has 0 radical (unpaired) electrons. The van der Waals surface area contributed by atoms with Crippen LogP contribution in [0.3, 0.4) is 0 Å². The van der Waals surface area contributed by atoms with E-state index in [0.717, 1.165) is 18.1 Å². The van der Waals surface area contributed by atoms with Gasteiger partial charge in [-0.2, -0.15) is 0 Å². The molecule has 1 fully saturated rings. The molecule has 4 rings (SSSR count). The normalized spacial score (nSPS) is 28.5. The zero-order chi connectivity index (χ0) is 31.1. The third kappa shape index (κ3) is 5.14. The van der Waals surface area contributed by atoms with E-state index < -0.39 is 65.6 Å². The number of amides is 1. The maximum absolute atomic E-state index is 13.1. The van der Waals surface area contributed by atoms with Crippen LogP contribution in [0.4, 0.5) is 0 Å². The molecule has 2 aliphatic heterocycles. The Morgan fingerprint density at radius 1 is 1.24 bits per heavy atom. The van der Waals surface area contributed by atoms with E-state index in [2.05, 4.69) is 4.90 Å². The number of carboxylic acid groups (broad SMARTS) is 1. The number of aryl methyl sites for hydroxylation is 1. The van der Waals surface area contributed by atoms with Gasteiger partial charge in [0.15, 0.2) is 12.2 Å². The number of carboxylic acids is 1. The Morgan fingerprint density at radius 2 is 1.93 bits per heavy atom. The van der Waals surface area contributed by atoms with Gasteiger partial charge in [0.1, 0.15) is 23.7 Å². The number of likely N-dealkylation sites (N-methyl/N-ethyl adjacent to an activating group) is 1. The van der Waals surface area contributed by atoms with Crippen LogP contribution in [-0.2, 0) is 40.7 Å². The summed E-state index contributed by atoms with van der Waals surface area (Å²) in [6.45, 7) is 6.57. The summed E-state index contributed by atoms with van der Waals surface area (Å²) < 4.78 is 17.3. The molecule has 3 aliphatic rings. The highest BCUT2D eigenvalue weighted by Gasteiger charge is 2.69. The van der Waals surface area contributed by atoms with Crippen molar-refractivity contribution in [3.63, 3.8) is 0 Å². The SMILES string of the molecule is Cc1ccc(CO)c2c1[C@]13CCN(C)[C@H](C)[C@]1(O)CC=C(OC(=O)[C@H](C)OC(=O)C[C@H](NC(=O)[C@H](C)O)C(=O)O)[C@@H]3O2. The zero-order valence-electron chi connectivity index (χ0n) is 24.2. The number of aliphatic hydroxyl groups excluding tert-OH is 2. The minimum Gasteiger partial charge on any atom is -0.481 e. The lowest BCUT2D eigenvalue weighted by molar-refractivity contribution is -0.172. The van der Waals surface area contributed by atoms with Gasteiger partial charge in [-0.05, 0) is 59.3 Å². The van der Waals surface area contributed by atoms with E-state index in [-0.39, 0.29) is 24.8 Å². The molecule has 0 aromatic heterocycles. The number of likely N-dealkylation sites (tertiary alicyclic amines) is 1. The van der Waals surface area contributed by atoms with E-state index in [1.54, 1.807) is 12.1 Å². The highest BCUT2D eigenvalue weighted by atomic mass is 16.6. The minimum absolute atomic E-state index is 0.136. The number of nitrogens with zero attached hydrogens (tertiary/aromatic N) is 1. The van der Waals surface area contributed by atoms with Crippen molar-refractivity contribution in [3.05, 3.63) is 40.7 Å². The summed E-state index contributed by atoms with van der Waals surface area (Å²) in [6.07, 6.45) is -2.43. The van der Waals surface area contributed by atoms with Gasteiger partial charge in [-0.3, -0.25) is 9.59 Å². The number of aliphatic hydroxyl groups is 3. The predicted octanol–water partition coefficient (Wildman–Crippen LogP) is 0.0440. The summed E-state index contributed by atoms with van der Waals surface area (Å²) in [6, 6.07) is 1.66. The number of hydrogen-bond acceptors (Lipinski definition) is 11. The molecular weight excluding hydrogens is 552 g/mol. The van der Waals surface area contributed by atoms with Crippen LogP contribution >= 0.6 is 0 Å². The van der Waals surface area contributed by atoms with Crippen LogP contribution in [0.25, 0.3) is 0 Å². The molecule has 5 N–H and O–H groups in total. The molecule has 13 heteroatoms. The van der Waals surface area contributed by atoms with Crippen molar-refractivity contribution in [2.45, 2.75) is 95.0 Å². The second-order valence-electron chi connectivity index (χ2n) is 11.3. The Morgan fingerprint density at radius 3 is 2.55 bits per heavy atom. The van der Waals surface area contributed by atoms with E-state index >= 15 is 0 Å². The summed E-state index contributed by atoms with van der Waals surface area (Å²) in [5.74, 6) is -3.96. The van der Waals surface area contributed by atoms with Crippen LogP contribution in [0.5, 0.6) is 5.75 Å². The Balaban J connectivity index is 1.57. The summed E-state index contributed by atoms with van der Waals surface area (Å²) in [5.41, 5.74) is -0.126. The monoisotopic (exact) mass is 590 g/mol. The molecule has 0 saturated carbocycles. The van der Waals surface area contributed by atoms with Gasteiger partial charge in [0, 0.05) is 23.6 Å². The number of rotatable bonds is 9. The summed E-state index contributed by atoms with van der Waals surface area (Å²) in [5, 5.41) is 43.0. The fraction of sp³-hybridized carbons (Fsp3) is 0.586. The van der Waals surface area contributed by atoms with Crippen molar-refractivity contribution in [1.29, 1.82) is 0 Å². The van der Waals surface area contributed by atoms with Crippen molar-refractivity contribution < 1.29 is 53.8 Å². The lowest BCUT2D eigenvalue weighted by Gasteiger charge is -2.58. The first-order chi connectivity index (χ1) is 19.7. The first-order valence-corrected chi connectivity index (χ1v) is 13.8. The first-order valence-electron chi connectivity index (χ1n) is 13.8. The van der Waals surface area contributed by atoms with Crippen molar-refractivity contribution in [2.75, 3.05) is 13.6 Å². The molecule has 7 atom stereocenters. The molecular formula is C29H38N2O11. The van der Waals surface area contributed by atoms with Crippen LogP contribution < -0.4 is 10.1 Å². The van der Waals surface area contributed by atoms with E-state index in [9.17, 15) is 39.6 Å². The van der Waals surface area contributed by atoms with Gasteiger partial charge < -0.3 is 44.9 Å². The molecule has 1 amide bonds.